The van der Waals surface area contributed by atoms with E-state index < -0.39 is 0 Å². The van der Waals surface area contributed by atoms with Crippen molar-refractivity contribution in [1.82, 2.24) is 15.0 Å². The normalized spacial score (nSPS) is 13.5. The van der Waals surface area contributed by atoms with Gasteiger partial charge in [0.25, 0.3) is 0 Å². The van der Waals surface area contributed by atoms with E-state index in [-0.39, 0.29) is 0 Å². The van der Waals surface area contributed by atoms with E-state index in [1.807, 2.05) is 18.2 Å². The number of aromatic nitrogens is 3. The summed E-state index contributed by atoms with van der Waals surface area (Å²) in [6, 6.07) is 11.4. The Labute approximate surface area is 155 Å². The van der Waals surface area contributed by atoms with Crippen LogP contribution in [0, 0.1) is 0 Å². The molecule has 0 spiro atoms. The molecule has 0 amide bonds. The third kappa shape index (κ3) is 4.00. The summed E-state index contributed by atoms with van der Waals surface area (Å²) in [4.78, 5) is 13.3. The Morgan fingerprint density at radius 3 is 2.68 bits per heavy atom. The second kappa shape index (κ2) is 6.86. The number of nitrogens with zero attached hydrogens (tertiary/aromatic N) is 3. The number of hydrogen-bond donors (Lipinski definition) is 2. The van der Waals surface area contributed by atoms with Crippen LogP contribution in [0.2, 0.25) is 10.0 Å². The van der Waals surface area contributed by atoms with E-state index in [9.17, 15) is 0 Å². The van der Waals surface area contributed by atoms with Crippen molar-refractivity contribution in [2.24, 2.45) is 0 Å². The summed E-state index contributed by atoms with van der Waals surface area (Å²) in [5, 5.41) is 7.74. The average molecular weight is 372 g/mol. The zero-order valence-corrected chi connectivity index (χ0v) is 14.7. The molecule has 0 unspecified atom stereocenters. The second-order valence-electron chi connectivity index (χ2n) is 5.87. The van der Waals surface area contributed by atoms with Crippen LogP contribution < -0.4 is 10.6 Å². The molecule has 2 aromatic heterocycles. The van der Waals surface area contributed by atoms with E-state index >= 15 is 0 Å². The molecule has 25 heavy (non-hydrogen) atoms. The van der Waals surface area contributed by atoms with Crippen molar-refractivity contribution in [1.29, 1.82) is 0 Å². The Balaban J connectivity index is 1.71. The fourth-order valence-corrected chi connectivity index (χ4v) is 2.72. The van der Waals surface area contributed by atoms with Crippen LogP contribution in [0.5, 0.6) is 0 Å². The maximum absolute atomic E-state index is 6.25. The van der Waals surface area contributed by atoms with Crippen LogP contribution in [0.25, 0.3) is 11.3 Å². The third-order valence-electron chi connectivity index (χ3n) is 3.79. The molecule has 0 radical (unpaired) electrons. The molecule has 126 valence electrons. The summed E-state index contributed by atoms with van der Waals surface area (Å²) in [6.07, 6.45) is 5.80. The molecule has 1 aliphatic carbocycles. The molecule has 1 fully saturated rings. The molecule has 1 saturated carbocycles. The lowest BCUT2D eigenvalue weighted by Crippen LogP contribution is -2.08. The minimum Gasteiger partial charge on any atom is -0.351 e. The van der Waals surface area contributed by atoms with Crippen LogP contribution in [0.1, 0.15) is 12.8 Å². The van der Waals surface area contributed by atoms with Gasteiger partial charge in [-0.2, -0.15) is 4.98 Å². The van der Waals surface area contributed by atoms with Crippen LogP contribution in [0.3, 0.4) is 0 Å². The molecular weight excluding hydrogens is 357 g/mol. The first-order chi connectivity index (χ1) is 12.2. The lowest BCUT2D eigenvalue weighted by molar-refractivity contribution is 1.06. The summed E-state index contributed by atoms with van der Waals surface area (Å²) < 4.78 is 0. The van der Waals surface area contributed by atoms with Crippen LogP contribution in [0.15, 0.2) is 48.8 Å². The molecule has 4 rings (SSSR count). The van der Waals surface area contributed by atoms with Gasteiger partial charge in [0.1, 0.15) is 5.82 Å². The second-order valence-corrected chi connectivity index (χ2v) is 6.72. The van der Waals surface area contributed by atoms with E-state index in [2.05, 4.69) is 25.6 Å². The van der Waals surface area contributed by atoms with Crippen molar-refractivity contribution in [3.05, 3.63) is 58.8 Å². The number of pyridine rings is 1. The first-order valence-corrected chi connectivity index (χ1v) is 8.71. The molecule has 0 saturated heterocycles. The zero-order valence-electron chi connectivity index (χ0n) is 13.2. The van der Waals surface area contributed by atoms with Crippen LogP contribution in [-0.4, -0.2) is 21.0 Å². The number of halogens is 2. The molecule has 2 N–H and O–H groups in total. The fraction of sp³-hybridized carbons (Fsp3) is 0.167. The van der Waals surface area contributed by atoms with Gasteiger partial charge in [-0.05, 0) is 43.2 Å². The molecule has 5 nitrogen and oxygen atoms in total. The largest absolute Gasteiger partial charge is 0.351 e. The van der Waals surface area contributed by atoms with Gasteiger partial charge in [0.15, 0.2) is 0 Å². The SMILES string of the molecule is Clc1ccc(Cl)c(Nc2cc(-c3cccnc3)nc(NC3CC3)n2)c1. The highest BCUT2D eigenvalue weighted by molar-refractivity contribution is 6.35. The van der Waals surface area contributed by atoms with Crippen LogP contribution >= 0.6 is 23.2 Å². The highest BCUT2D eigenvalue weighted by atomic mass is 35.5. The lowest BCUT2D eigenvalue weighted by Gasteiger charge is -2.12. The minimum atomic E-state index is 0.451. The Hall–Kier alpha value is -2.37. The van der Waals surface area contributed by atoms with E-state index in [1.165, 1.54) is 0 Å². The summed E-state index contributed by atoms with van der Waals surface area (Å²) >= 11 is 12.3. The maximum Gasteiger partial charge on any atom is 0.225 e. The van der Waals surface area contributed by atoms with E-state index in [0.717, 1.165) is 24.1 Å². The number of anilines is 3. The Kier molecular flexibility index (Phi) is 4.42. The lowest BCUT2D eigenvalue weighted by atomic mass is 10.2. The predicted molar refractivity (Wildman–Crippen MR) is 102 cm³/mol. The number of rotatable bonds is 5. The summed E-state index contributed by atoms with van der Waals surface area (Å²) in [7, 11) is 0. The van der Waals surface area contributed by atoms with E-state index in [1.54, 1.807) is 30.6 Å². The van der Waals surface area contributed by atoms with Gasteiger partial charge in [0.2, 0.25) is 5.95 Å². The molecule has 1 aliphatic rings. The Morgan fingerprint density at radius 1 is 1.04 bits per heavy atom. The first kappa shape index (κ1) is 16.1. The Bertz CT molecular complexity index is 897. The predicted octanol–water partition coefficient (Wildman–Crippen LogP) is 5.16. The highest BCUT2D eigenvalue weighted by Gasteiger charge is 2.22. The maximum atomic E-state index is 6.25. The standard InChI is InChI=1S/C18H15Cl2N5/c19-12-3-6-14(20)16(8-12)23-17-9-15(11-2-1-7-21-10-11)24-18(25-17)22-13-4-5-13/h1-3,6-10,13H,4-5H2,(H2,22,23,24,25). The fourth-order valence-electron chi connectivity index (χ4n) is 2.38. The van der Waals surface area contributed by atoms with Crippen molar-refractivity contribution < 1.29 is 0 Å². The quantitative estimate of drug-likeness (QED) is 0.648. The van der Waals surface area contributed by atoms with Crippen molar-refractivity contribution in [3.63, 3.8) is 0 Å². The molecule has 0 atom stereocenters. The zero-order chi connectivity index (χ0) is 17.2. The van der Waals surface area contributed by atoms with Gasteiger partial charge < -0.3 is 10.6 Å². The Morgan fingerprint density at radius 2 is 1.92 bits per heavy atom. The number of nitrogens with one attached hydrogen (secondary N) is 2. The summed E-state index contributed by atoms with van der Waals surface area (Å²) in [6.45, 7) is 0. The first-order valence-electron chi connectivity index (χ1n) is 7.95. The van der Waals surface area contributed by atoms with E-state index in [0.29, 0.717) is 33.5 Å². The van der Waals surface area contributed by atoms with Crippen molar-refractivity contribution >= 4 is 40.7 Å². The van der Waals surface area contributed by atoms with Crippen molar-refractivity contribution in [2.45, 2.75) is 18.9 Å². The van der Waals surface area contributed by atoms with Gasteiger partial charge in [-0.25, -0.2) is 4.98 Å². The van der Waals surface area contributed by atoms with Gasteiger partial charge in [-0.1, -0.05) is 23.2 Å². The average Bonchev–Trinajstić information content (AvgIpc) is 3.43. The molecule has 0 bridgehead atoms. The summed E-state index contributed by atoms with van der Waals surface area (Å²) in [5.74, 6) is 1.23. The number of benzene rings is 1. The molecule has 7 heteroatoms. The van der Waals surface area contributed by atoms with Gasteiger partial charge in [0, 0.05) is 35.1 Å². The van der Waals surface area contributed by atoms with E-state index in [4.69, 9.17) is 23.2 Å². The van der Waals surface area contributed by atoms with Crippen molar-refractivity contribution in [3.8, 4) is 11.3 Å². The van der Waals surface area contributed by atoms with Gasteiger partial charge in [-0.15, -0.1) is 0 Å². The topological polar surface area (TPSA) is 62.7 Å². The monoisotopic (exact) mass is 371 g/mol. The number of hydrogen-bond acceptors (Lipinski definition) is 5. The molecule has 2 heterocycles. The third-order valence-corrected chi connectivity index (χ3v) is 4.35. The molecule has 3 aromatic rings. The van der Waals surface area contributed by atoms with Gasteiger partial charge in [0.05, 0.1) is 16.4 Å². The van der Waals surface area contributed by atoms with Gasteiger partial charge >= 0.3 is 0 Å². The molecule has 1 aromatic carbocycles. The smallest absolute Gasteiger partial charge is 0.225 e. The molecule has 0 aliphatic heterocycles. The minimum absolute atomic E-state index is 0.451. The van der Waals surface area contributed by atoms with Crippen LogP contribution in [-0.2, 0) is 0 Å². The summed E-state index contributed by atoms with van der Waals surface area (Å²) in [5.41, 5.74) is 2.40. The highest BCUT2D eigenvalue weighted by Crippen LogP contribution is 2.30. The molecular formula is C18H15Cl2N5. The van der Waals surface area contributed by atoms with Crippen LogP contribution in [0.4, 0.5) is 17.5 Å². The van der Waals surface area contributed by atoms with Gasteiger partial charge in [-0.3, -0.25) is 4.98 Å². The van der Waals surface area contributed by atoms with Crippen molar-refractivity contribution in [2.75, 3.05) is 10.6 Å².